The van der Waals surface area contributed by atoms with Gasteiger partial charge in [-0.2, -0.15) is 5.26 Å². The van der Waals surface area contributed by atoms with Crippen molar-refractivity contribution in [1.29, 1.82) is 5.26 Å². The van der Waals surface area contributed by atoms with Crippen molar-refractivity contribution in [2.75, 3.05) is 7.11 Å². The van der Waals surface area contributed by atoms with Crippen molar-refractivity contribution < 1.29 is 9.53 Å². The number of para-hydroxylation sites is 1. The largest absolute Gasteiger partial charge is 0.496 e. The molecule has 0 radical (unpaired) electrons. The molecule has 1 amide bonds. The first-order valence-corrected chi connectivity index (χ1v) is 7.47. The van der Waals surface area contributed by atoms with Gasteiger partial charge in [-0.1, -0.05) is 18.2 Å². The van der Waals surface area contributed by atoms with Crippen LogP contribution in [0.5, 0.6) is 5.75 Å². The van der Waals surface area contributed by atoms with E-state index in [1.165, 1.54) is 4.57 Å². The summed E-state index contributed by atoms with van der Waals surface area (Å²) in [5.41, 5.74) is 1.73. The Morgan fingerprint density at radius 2 is 2.04 bits per heavy atom. The fourth-order valence-corrected chi connectivity index (χ4v) is 2.50. The number of pyridine rings is 1. The maximum atomic E-state index is 12.3. The third-order valence-electron chi connectivity index (χ3n) is 3.79. The number of aryl methyl sites for hydroxylation is 2. The zero-order valence-electron chi connectivity index (χ0n) is 13.9. The van der Waals surface area contributed by atoms with Crippen LogP contribution >= 0.6 is 0 Å². The molecule has 6 heteroatoms. The van der Waals surface area contributed by atoms with E-state index in [9.17, 15) is 9.59 Å². The van der Waals surface area contributed by atoms with Gasteiger partial charge in [-0.25, -0.2) is 0 Å². The molecule has 1 aromatic heterocycles. The van der Waals surface area contributed by atoms with Crippen LogP contribution in [0.3, 0.4) is 0 Å². The van der Waals surface area contributed by atoms with E-state index in [0.29, 0.717) is 23.6 Å². The number of nitriles is 1. The standard InChI is InChI=1S/C18H19N3O3/c1-12-8-13(2)21(18(23)15(12)9-19)11-17(22)20-10-14-6-4-5-7-16(14)24-3/h4-8H,10-11H2,1-3H3,(H,20,22). The summed E-state index contributed by atoms with van der Waals surface area (Å²) in [4.78, 5) is 24.5. The second-order valence-corrected chi connectivity index (χ2v) is 5.44. The van der Waals surface area contributed by atoms with E-state index in [0.717, 1.165) is 5.56 Å². The van der Waals surface area contributed by atoms with E-state index in [2.05, 4.69) is 5.32 Å². The summed E-state index contributed by atoms with van der Waals surface area (Å²) in [6.45, 7) is 3.62. The number of carbonyl (C=O) groups is 1. The number of amides is 1. The maximum absolute atomic E-state index is 12.3. The van der Waals surface area contributed by atoms with Crippen molar-refractivity contribution in [2.24, 2.45) is 0 Å². The van der Waals surface area contributed by atoms with Crippen LogP contribution in [-0.4, -0.2) is 17.6 Å². The molecule has 0 saturated carbocycles. The zero-order chi connectivity index (χ0) is 17.7. The van der Waals surface area contributed by atoms with Gasteiger partial charge in [-0.15, -0.1) is 0 Å². The first kappa shape index (κ1) is 17.3. The molecule has 2 aromatic rings. The van der Waals surface area contributed by atoms with Crippen molar-refractivity contribution in [3.63, 3.8) is 0 Å². The van der Waals surface area contributed by atoms with Gasteiger partial charge in [0.2, 0.25) is 5.91 Å². The number of aromatic nitrogens is 1. The molecule has 1 heterocycles. The topological polar surface area (TPSA) is 84.1 Å². The lowest BCUT2D eigenvalue weighted by atomic mass is 10.1. The van der Waals surface area contributed by atoms with Crippen LogP contribution in [0.4, 0.5) is 0 Å². The first-order chi connectivity index (χ1) is 11.5. The molecule has 1 aromatic carbocycles. The number of carbonyl (C=O) groups excluding carboxylic acids is 1. The molecule has 0 aliphatic heterocycles. The van der Waals surface area contributed by atoms with E-state index < -0.39 is 5.56 Å². The molecule has 0 bridgehead atoms. The molecule has 0 saturated heterocycles. The number of nitrogens with one attached hydrogen (secondary N) is 1. The second-order valence-electron chi connectivity index (χ2n) is 5.44. The van der Waals surface area contributed by atoms with Crippen molar-refractivity contribution in [3.05, 3.63) is 63.1 Å². The van der Waals surface area contributed by atoms with Gasteiger partial charge in [0.05, 0.1) is 7.11 Å². The van der Waals surface area contributed by atoms with E-state index in [-0.39, 0.29) is 18.0 Å². The average Bonchev–Trinajstić information content (AvgIpc) is 2.57. The minimum Gasteiger partial charge on any atom is -0.496 e. The smallest absolute Gasteiger partial charge is 0.269 e. The van der Waals surface area contributed by atoms with Crippen LogP contribution in [0.25, 0.3) is 0 Å². The van der Waals surface area contributed by atoms with Gasteiger partial charge in [0.15, 0.2) is 0 Å². The minimum atomic E-state index is -0.442. The Bertz CT molecular complexity index is 863. The number of hydrogen-bond acceptors (Lipinski definition) is 4. The number of ether oxygens (including phenoxy) is 1. The molecule has 0 aliphatic carbocycles. The van der Waals surface area contributed by atoms with Crippen molar-refractivity contribution in [3.8, 4) is 11.8 Å². The monoisotopic (exact) mass is 325 g/mol. The maximum Gasteiger partial charge on any atom is 0.269 e. The normalized spacial score (nSPS) is 10.1. The van der Waals surface area contributed by atoms with Crippen molar-refractivity contribution in [2.45, 2.75) is 26.9 Å². The molecule has 0 fully saturated rings. The van der Waals surface area contributed by atoms with Gasteiger partial charge in [0, 0.05) is 17.8 Å². The third-order valence-corrected chi connectivity index (χ3v) is 3.79. The highest BCUT2D eigenvalue weighted by molar-refractivity contribution is 5.76. The fourth-order valence-electron chi connectivity index (χ4n) is 2.50. The molecule has 1 N–H and O–H groups in total. The molecular formula is C18H19N3O3. The fraction of sp³-hybridized carbons (Fsp3) is 0.278. The Morgan fingerprint density at radius 1 is 1.33 bits per heavy atom. The molecular weight excluding hydrogens is 306 g/mol. The Labute approximate surface area is 140 Å². The number of nitrogens with zero attached hydrogens (tertiary/aromatic N) is 2. The lowest BCUT2D eigenvalue weighted by Crippen LogP contribution is -2.34. The summed E-state index contributed by atoms with van der Waals surface area (Å²) in [6.07, 6.45) is 0. The second kappa shape index (κ2) is 7.47. The Hall–Kier alpha value is -3.07. The van der Waals surface area contributed by atoms with Crippen molar-refractivity contribution in [1.82, 2.24) is 9.88 Å². The minimum absolute atomic E-state index is 0.0677. The summed E-state index contributed by atoms with van der Waals surface area (Å²) in [5.74, 6) is 0.382. The van der Waals surface area contributed by atoms with Gasteiger partial charge < -0.3 is 14.6 Å². The molecule has 6 nitrogen and oxygen atoms in total. The summed E-state index contributed by atoms with van der Waals surface area (Å²) in [5, 5.41) is 11.8. The summed E-state index contributed by atoms with van der Waals surface area (Å²) < 4.78 is 6.54. The van der Waals surface area contributed by atoms with E-state index >= 15 is 0 Å². The van der Waals surface area contributed by atoms with E-state index in [1.807, 2.05) is 30.3 Å². The van der Waals surface area contributed by atoms with Gasteiger partial charge in [0.1, 0.15) is 23.9 Å². The highest BCUT2D eigenvalue weighted by Crippen LogP contribution is 2.16. The summed E-state index contributed by atoms with van der Waals surface area (Å²) in [6, 6.07) is 11.0. The van der Waals surface area contributed by atoms with Crippen LogP contribution in [-0.2, 0) is 17.9 Å². The zero-order valence-corrected chi connectivity index (χ0v) is 13.9. The van der Waals surface area contributed by atoms with Crippen LogP contribution < -0.4 is 15.6 Å². The Kier molecular flexibility index (Phi) is 5.38. The molecule has 2 rings (SSSR count). The average molecular weight is 325 g/mol. The Balaban J connectivity index is 2.14. The first-order valence-electron chi connectivity index (χ1n) is 7.47. The molecule has 0 atom stereocenters. The number of methoxy groups -OCH3 is 1. The van der Waals surface area contributed by atoms with Crippen LogP contribution in [0.15, 0.2) is 35.1 Å². The lowest BCUT2D eigenvalue weighted by molar-refractivity contribution is -0.121. The SMILES string of the molecule is COc1ccccc1CNC(=O)Cn1c(C)cc(C)c(C#N)c1=O. The van der Waals surface area contributed by atoms with Crippen LogP contribution in [0.2, 0.25) is 0 Å². The molecule has 0 unspecified atom stereocenters. The van der Waals surface area contributed by atoms with Gasteiger partial charge >= 0.3 is 0 Å². The van der Waals surface area contributed by atoms with Gasteiger partial charge in [0.25, 0.3) is 5.56 Å². The highest BCUT2D eigenvalue weighted by atomic mass is 16.5. The van der Waals surface area contributed by atoms with Gasteiger partial charge in [-0.05, 0) is 31.5 Å². The molecule has 0 spiro atoms. The number of benzene rings is 1. The third kappa shape index (κ3) is 3.63. The lowest BCUT2D eigenvalue weighted by Gasteiger charge is -2.13. The van der Waals surface area contributed by atoms with Crippen LogP contribution in [0.1, 0.15) is 22.4 Å². The highest BCUT2D eigenvalue weighted by Gasteiger charge is 2.13. The van der Waals surface area contributed by atoms with E-state index in [4.69, 9.17) is 10.00 Å². The quantitative estimate of drug-likeness (QED) is 0.906. The van der Waals surface area contributed by atoms with Crippen molar-refractivity contribution >= 4 is 5.91 Å². The summed E-state index contributed by atoms with van der Waals surface area (Å²) >= 11 is 0. The predicted molar refractivity (Wildman–Crippen MR) is 89.7 cm³/mol. The van der Waals surface area contributed by atoms with Crippen LogP contribution in [0, 0.1) is 25.2 Å². The van der Waals surface area contributed by atoms with E-state index in [1.54, 1.807) is 27.0 Å². The number of rotatable bonds is 5. The van der Waals surface area contributed by atoms with Gasteiger partial charge in [-0.3, -0.25) is 9.59 Å². The Morgan fingerprint density at radius 3 is 2.71 bits per heavy atom. The summed E-state index contributed by atoms with van der Waals surface area (Å²) in [7, 11) is 1.57. The molecule has 24 heavy (non-hydrogen) atoms. The molecule has 124 valence electrons. The molecule has 0 aliphatic rings. The predicted octanol–water partition coefficient (Wildman–Crippen LogP) is 1.66. The number of hydrogen-bond donors (Lipinski definition) is 1.